The van der Waals surface area contributed by atoms with E-state index in [-0.39, 0.29) is 19.1 Å². The zero-order valence-corrected chi connectivity index (χ0v) is 38.7. The number of likely N-dealkylation sites (N-methyl/N-ethyl adjacent to an activating group) is 1. The topological polar surface area (TPSA) is 108 Å². The number of nitrogens with zero attached hydrogens (tertiary/aromatic N) is 1. The first kappa shape index (κ1) is 55.2. The van der Waals surface area contributed by atoms with Crippen molar-refractivity contribution in [3.63, 3.8) is 0 Å². The van der Waals surface area contributed by atoms with E-state index in [0.717, 1.165) is 44.9 Å². The van der Waals surface area contributed by atoms with Gasteiger partial charge >= 0.3 is 0 Å². The molecular formula is C47H95N2O6P. The van der Waals surface area contributed by atoms with Crippen LogP contribution in [0.2, 0.25) is 0 Å². The Kier molecular flexibility index (Phi) is 39.1. The van der Waals surface area contributed by atoms with Crippen LogP contribution in [0.25, 0.3) is 0 Å². The number of carbonyl (C=O) groups excluding carboxylic acids is 1. The first-order chi connectivity index (χ1) is 27.0. The minimum Gasteiger partial charge on any atom is -0.756 e. The molecule has 0 rings (SSSR count). The lowest BCUT2D eigenvalue weighted by molar-refractivity contribution is -0.870. The maximum absolute atomic E-state index is 12.9. The second-order valence-corrected chi connectivity index (χ2v) is 19.2. The standard InChI is InChI=1S/C47H95N2O6P/c1-6-8-10-12-14-16-18-19-20-21-22-23-24-25-26-27-28-29-31-33-35-37-39-41-47(51)48-45(44-55-56(52,53)54-43-42-49(3,4)5)46(50)40-38-36-34-32-30-17-15-13-11-9-7-2/h30,32,45-46,50H,6-29,31,33-44H2,1-5H3,(H-,48,51,52,53)/b32-30+/t45-,46+/m0/s1. The average molecular weight is 815 g/mol. The molecule has 8 nitrogen and oxygen atoms in total. The van der Waals surface area contributed by atoms with Gasteiger partial charge in [-0.2, -0.15) is 0 Å². The number of aliphatic hydroxyl groups is 1. The Morgan fingerprint density at radius 2 is 0.982 bits per heavy atom. The normalized spacial score (nSPS) is 14.3. The molecule has 1 amide bonds. The van der Waals surface area contributed by atoms with E-state index in [0.29, 0.717) is 23.9 Å². The van der Waals surface area contributed by atoms with Gasteiger partial charge in [0.15, 0.2) is 0 Å². The van der Waals surface area contributed by atoms with Gasteiger partial charge in [0.25, 0.3) is 7.82 Å². The van der Waals surface area contributed by atoms with Crippen LogP contribution in [0.5, 0.6) is 0 Å². The van der Waals surface area contributed by atoms with Crippen molar-refractivity contribution >= 4 is 13.7 Å². The van der Waals surface area contributed by atoms with Crippen molar-refractivity contribution in [3.05, 3.63) is 12.2 Å². The Balaban J connectivity index is 4.16. The number of nitrogens with one attached hydrogen (secondary N) is 1. The molecule has 0 aliphatic carbocycles. The first-order valence-corrected chi connectivity index (χ1v) is 25.5. The highest BCUT2D eigenvalue weighted by Crippen LogP contribution is 2.38. The molecule has 2 N–H and O–H groups in total. The summed E-state index contributed by atoms with van der Waals surface area (Å²) < 4.78 is 23.2. The van der Waals surface area contributed by atoms with E-state index in [9.17, 15) is 19.4 Å². The van der Waals surface area contributed by atoms with E-state index in [2.05, 4.69) is 31.3 Å². The van der Waals surface area contributed by atoms with Gasteiger partial charge in [0, 0.05) is 6.42 Å². The smallest absolute Gasteiger partial charge is 0.268 e. The zero-order valence-electron chi connectivity index (χ0n) is 37.9. The number of aliphatic hydroxyl groups excluding tert-OH is 1. The van der Waals surface area contributed by atoms with E-state index in [4.69, 9.17) is 9.05 Å². The summed E-state index contributed by atoms with van der Waals surface area (Å²) in [6, 6.07) is -0.810. The van der Waals surface area contributed by atoms with Crippen molar-refractivity contribution in [1.29, 1.82) is 0 Å². The maximum Gasteiger partial charge on any atom is 0.268 e. The number of rotatable bonds is 44. The summed E-state index contributed by atoms with van der Waals surface area (Å²) in [6.45, 7) is 4.70. The minimum atomic E-state index is -4.56. The van der Waals surface area contributed by atoms with Crippen LogP contribution >= 0.6 is 7.82 Å². The Morgan fingerprint density at radius 3 is 1.39 bits per heavy atom. The third-order valence-corrected chi connectivity index (χ3v) is 12.0. The summed E-state index contributed by atoms with van der Waals surface area (Å²) in [5, 5.41) is 13.9. The SMILES string of the molecule is CCCCCCC/C=C/CCCC[C@@H](O)[C@H](COP(=O)([O-])OCC[N+](C)(C)C)NC(=O)CCCCCCCCCCCCCCCCCCCCCCCCC. The molecule has 0 radical (unpaired) electrons. The molecule has 334 valence electrons. The molecule has 0 aromatic rings. The summed E-state index contributed by atoms with van der Waals surface area (Å²) in [5.74, 6) is -0.172. The van der Waals surface area contributed by atoms with Gasteiger partial charge in [0.05, 0.1) is 39.9 Å². The molecule has 0 heterocycles. The minimum absolute atomic E-state index is 0.00958. The molecule has 0 fully saturated rings. The largest absolute Gasteiger partial charge is 0.756 e. The van der Waals surface area contributed by atoms with Crippen LogP contribution < -0.4 is 10.2 Å². The van der Waals surface area contributed by atoms with Crippen LogP contribution in [0.3, 0.4) is 0 Å². The van der Waals surface area contributed by atoms with Crippen molar-refractivity contribution in [3.8, 4) is 0 Å². The van der Waals surface area contributed by atoms with Crippen LogP contribution in [-0.4, -0.2) is 68.5 Å². The van der Waals surface area contributed by atoms with Gasteiger partial charge in [-0.3, -0.25) is 9.36 Å². The molecule has 1 unspecified atom stereocenters. The number of allylic oxidation sites excluding steroid dienone is 2. The van der Waals surface area contributed by atoms with Crippen molar-refractivity contribution in [2.45, 2.75) is 244 Å². The summed E-state index contributed by atoms with van der Waals surface area (Å²) in [7, 11) is 1.30. The maximum atomic E-state index is 12.9. The Labute approximate surface area is 348 Å². The van der Waals surface area contributed by atoms with Gasteiger partial charge in [0.2, 0.25) is 5.91 Å². The molecule has 0 spiro atoms. The van der Waals surface area contributed by atoms with Gasteiger partial charge in [-0.25, -0.2) is 0 Å². The second-order valence-electron chi connectivity index (χ2n) is 17.8. The predicted molar refractivity (Wildman–Crippen MR) is 238 cm³/mol. The van der Waals surface area contributed by atoms with Gasteiger partial charge in [-0.15, -0.1) is 0 Å². The molecule has 9 heteroatoms. The Bertz CT molecular complexity index is 927. The predicted octanol–water partition coefficient (Wildman–Crippen LogP) is 12.9. The zero-order chi connectivity index (χ0) is 41.4. The fraction of sp³-hybridized carbons (Fsp3) is 0.936. The number of phosphoric ester groups is 1. The van der Waals surface area contributed by atoms with Crippen molar-refractivity contribution in [1.82, 2.24) is 5.32 Å². The number of hydrogen-bond acceptors (Lipinski definition) is 6. The quantitative estimate of drug-likeness (QED) is 0.0274. The molecular weight excluding hydrogens is 719 g/mol. The fourth-order valence-corrected chi connectivity index (χ4v) is 7.88. The molecule has 0 saturated heterocycles. The lowest BCUT2D eigenvalue weighted by Gasteiger charge is -2.30. The number of hydrogen-bond donors (Lipinski definition) is 2. The Morgan fingerprint density at radius 1 is 0.607 bits per heavy atom. The van der Waals surface area contributed by atoms with E-state index in [1.807, 2.05) is 21.1 Å². The van der Waals surface area contributed by atoms with Gasteiger partial charge in [-0.05, 0) is 38.5 Å². The first-order valence-electron chi connectivity index (χ1n) is 24.0. The van der Waals surface area contributed by atoms with E-state index in [1.54, 1.807) is 0 Å². The van der Waals surface area contributed by atoms with Crippen molar-refractivity contribution in [2.24, 2.45) is 0 Å². The van der Waals surface area contributed by atoms with Gasteiger partial charge in [-0.1, -0.05) is 199 Å². The molecule has 3 atom stereocenters. The van der Waals surface area contributed by atoms with Gasteiger partial charge in [0.1, 0.15) is 13.2 Å². The summed E-state index contributed by atoms with van der Waals surface area (Å²) in [5.41, 5.74) is 0. The molecule has 0 aromatic heterocycles. The number of phosphoric acid groups is 1. The molecule has 0 aliphatic rings. The van der Waals surface area contributed by atoms with Crippen molar-refractivity contribution in [2.75, 3.05) is 40.9 Å². The highest BCUT2D eigenvalue weighted by Gasteiger charge is 2.24. The average Bonchev–Trinajstić information content (AvgIpc) is 3.15. The van der Waals surface area contributed by atoms with Crippen molar-refractivity contribution < 1.29 is 32.9 Å². The number of carbonyl (C=O) groups is 1. The molecule has 0 aliphatic heterocycles. The highest BCUT2D eigenvalue weighted by atomic mass is 31.2. The van der Waals surface area contributed by atoms with E-state index >= 15 is 0 Å². The summed E-state index contributed by atoms with van der Waals surface area (Å²) in [6.07, 6.45) is 45.2. The van der Waals surface area contributed by atoms with E-state index in [1.165, 1.54) is 161 Å². The van der Waals surface area contributed by atoms with Crippen LogP contribution in [0.1, 0.15) is 232 Å². The second kappa shape index (κ2) is 39.7. The fourth-order valence-electron chi connectivity index (χ4n) is 7.15. The molecule has 0 bridgehead atoms. The van der Waals surface area contributed by atoms with Gasteiger partial charge < -0.3 is 28.8 Å². The highest BCUT2D eigenvalue weighted by molar-refractivity contribution is 7.45. The van der Waals surface area contributed by atoms with Crippen LogP contribution in [0.4, 0.5) is 0 Å². The molecule has 56 heavy (non-hydrogen) atoms. The lowest BCUT2D eigenvalue weighted by atomic mass is 10.0. The van der Waals surface area contributed by atoms with E-state index < -0.39 is 20.0 Å². The number of amides is 1. The number of quaternary nitrogens is 1. The monoisotopic (exact) mass is 815 g/mol. The van der Waals surface area contributed by atoms with Crippen LogP contribution in [0, 0.1) is 0 Å². The summed E-state index contributed by atoms with van der Waals surface area (Å²) in [4.78, 5) is 25.3. The molecule has 0 aromatic carbocycles. The lowest BCUT2D eigenvalue weighted by Crippen LogP contribution is -2.46. The van der Waals surface area contributed by atoms with Crippen LogP contribution in [0.15, 0.2) is 12.2 Å². The third-order valence-electron chi connectivity index (χ3n) is 11.0. The number of unbranched alkanes of at least 4 members (excludes halogenated alkanes) is 29. The third kappa shape index (κ3) is 41.4. The summed E-state index contributed by atoms with van der Waals surface area (Å²) >= 11 is 0. The Hall–Kier alpha value is -0.760. The van der Waals surface area contributed by atoms with Crippen LogP contribution in [-0.2, 0) is 18.4 Å². The molecule has 0 saturated carbocycles.